The summed E-state index contributed by atoms with van der Waals surface area (Å²) in [5.41, 5.74) is 2.66. The second-order valence-corrected chi connectivity index (χ2v) is 9.92. The molecule has 0 aliphatic carbocycles. The maximum Gasteiger partial charge on any atom is 0.266 e. The number of sulfonamides is 1. The lowest BCUT2D eigenvalue weighted by atomic mass is 9.95. The fraction of sp³-hybridized carbons (Fsp3) is 0.650. The third kappa shape index (κ3) is 5.09. The van der Waals surface area contributed by atoms with Gasteiger partial charge in [-0.3, -0.25) is 10.0 Å². The third-order valence-electron chi connectivity index (χ3n) is 5.50. The topological polar surface area (TPSA) is 93.2 Å². The molecule has 2 N–H and O–H groups in total. The van der Waals surface area contributed by atoms with Crippen LogP contribution in [0.5, 0.6) is 0 Å². The first-order chi connectivity index (χ1) is 13.8. The Morgan fingerprint density at radius 2 is 1.55 bits per heavy atom. The minimum atomic E-state index is -3.88. The van der Waals surface area contributed by atoms with E-state index < -0.39 is 20.7 Å². The van der Waals surface area contributed by atoms with E-state index in [9.17, 15) is 13.2 Å². The van der Waals surface area contributed by atoms with Crippen LogP contribution in [-0.4, -0.2) is 79.8 Å². The standard InChI is InChI=1S/C17H26N4O4S.C3H8/c1-19-9-7-17(8-10-19,16(22)18-23)26(24,25)21-13-11-20(12-14-21)15-5-3-2-4-6-15;1-3-2/h2-6,23H,7-14H2,1H3,(H,18,22);3H2,1-2H3. The minimum Gasteiger partial charge on any atom is -0.369 e. The van der Waals surface area contributed by atoms with Gasteiger partial charge in [0.25, 0.3) is 5.91 Å². The zero-order valence-electron chi connectivity index (χ0n) is 17.7. The number of nitrogens with one attached hydrogen (secondary N) is 1. The number of likely N-dealkylation sites (tertiary alicyclic amines) is 1. The summed E-state index contributed by atoms with van der Waals surface area (Å²) in [5, 5.41) is 9.17. The number of rotatable bonds is 4. The smallest absolute Gasteiger partial charge is 0.266 e. The summed E-state index contributed by atoms with van der Waals surface area (Å²) in [7, 11) is -1.98. The van der Waals surface area contributed by atoms with Crippen molar-refractivity contribution >= 4 is 21.6 Å². The highest BCUT2D eigenvalue weighted by Crippen LogP contribution is 2.34. The van der Waals surface area contributed by atoms with Gasteiger partial charge in [0.1, 0.15) is 0 Å². The van der Waals surface area contributed by atoms with Crippen molar-refractivity contribution in [3.8, 4) is 0 Å². The van der Waals surface area contributed by atoms with Crippen molar-refractivity contribution in [2.75, 3.05) is 51.2 Å². The summed E-state index contributed by atoms with van der Waals surface area (Å²) in [4.78, 5) is 16.5. The zero-order chi connectivity index (χ0) is 21.5. The van der Waals surface area contributed by atoms with E-state index in [1.165, 1.54) is 10.7 Å². The predicted octanol–water partition coefficient (Wildman–Crippen LogP) is 1.52. The molecule has 164 valence electrons. The molecule has 3 rings (SSSR count). The average Bonchev–Trinajstić information content (AvgIpc) is 2.75. The molecular formula is C20H34N4O4S. The van der Waals surface area contributed by atoms with Crippen LogP contribution in [0.3, 0.4) is 0 Å². The molecule has 0 spiro atoms. The number of hydrogen-bond acceptors (Lipinski definition) is 6. The molecule has 1 aromatic rings. The number of anilines is 1. The number of nitrogens with zero attached hydrogens (tertiary/aromatic N) is 3. The van der Waals surface area contributed by atoms with Gasteiger partial charge in [0.2, 0.25) is 10.0 Å². The normalized spacial score (nSPS) is 20.5. The molecule has 0 unspecified atom stereocenters. The number of para-hydroxylation sites is 1. The Bertz CT molecular complexity index is 741. The second-order valence-electron chi connectivity index (χ2n) is 7.67. The number of amides is 1. The first kappa shape index (κ1) is 23.6. The van der Waals surface area contributed by atoms with E-state index >= 15 is 0 Å². The van der Waals surface area contributed by atoms with Crippen LogP contribution in [0.1, 0.15) is 33.1 Å². The van der Waals surface area contributed by atoms with Gasteiger partial charge >= 0.3 is 0 Å². The van der Waals surface area contributed by atoms with Gasteiger partial charge in [0.15, 0.2) is 4.75 Å². The van der Waals surface area contributed by atoms with Gasteiger partial charge in [-0.1, -0.05) is 38.5 Å². The van der Waals surface area contributed by atoms with E-state index in [0.717, 1.165) is 5.69 Å². The number of piperazine rings is 1. The van der Waals surface area contributed by atoms with E-state index in [1.807, 2.05) is 42.3 Å². The van der Waals surface area contributed by atoms with Gasteiger partial charge < -0.3 is 9.80 Å². The molecule has 8 nitrogen and oxygen atoms in total. The van der Waals surface area contributed by atoms with Crippen molar-refractivity contribution in [3.05, 3.63) is 30.3 Å². The molecule has 1 aromatic carbocycles. The van der Waals surface area contributed by atoms with Gasteiger partial charge in [0, 0.05) is 31.9 Å². The fourth-order valence-corrected chi connectivity index (χ4v) is 5.87. The molecule has 2 saturated heterocycles. The lowest BCUT2D eigenvalue weighted by Crippen LogP contribution is -2.63. The van der Waals surface area contributed by atoms with Crippen molar-refractivity contribution in [1.82, 2.24) is 14.7 Å². The van der Waals surface area contributed by atoms with Crippen LogP contribution < -0.4 is 10.4 Å². The number of carbonyl (C=O) groups excluding carboxylic acids is 1. The van der Waals surface area contributed by atoms with Crippen LogP contribution in [-0.2, 0) is 14.8 Å². The Kier molecular flexibility index (Phi) is 8.45. The Balaban J connectivity index is 0.000000941. The number of hydroxylamine groups is 1. The van der Waals surface area contributed by atoms with Crippen LogP contribution in [0, 0.1) is 0 Å². The Morgan fingerprint density at radius 3 is 2.03 bits per heavy atom. The molecule has 2 fully saturated rings. The van der Waals surface area contributed by atoms with E-state index in [0.29, 0.717) is 39.3 Å². The summed E-state index contributed by atoms with van der Waals surface area (Å²) in [5.74, 6) is -0.823. The third-order valence-corrected chi connectivity index (χ3v) is 8.13. The molecule has 2 aliphatic heterocycles. The summed E-state index contributed by atoms with van der Waals surface area (Å²) in [6.07, 6.45) is 1.61. The monoisotopic (exact) mass is 426 g/mol. The molecule has 0 atom stereocenters. The Morgan fingerprint density at radius 1 is 1.03 bits per heavy atom. The fourth-order valence-electron chi connectivity index (χ4n) is 3.76. The highest BCUT2D eigenvalue weighted by Gasteiger charge is 2.54. The van der Waals surface area contributed by atoms with E-state index in [1.54, 1.807) is 5.48 Å². The highest BCUT2D eigenvalue weighted by atomic mass is 32.2. The molecule has 9 heteroatoms. The Hall–Kier alpha value is -1.68. The summed E-state index contributed by atoms with van der Waals surface area (Å²) in [6, 6.07) is 9.86. The van der Waals surface area contributed by atoms with E-state index in [2.05, 4.69) is 18.7 Å². The van der Waals surface area contributed by atoms with Crippen molar-refractivity contribution in [1.29, 1.82) is 0 Å². The van der Waals surface area contributed by atoms with Crippen LogP contribution in [0.25, 0.3) is 0 Å². The lowest BCUT2D eigenvalue weighted by Gasteiger charge is -2.43. The molecule has 0 bridgehead atoms. The first-order valence-corrected chi connectivity index (χ1v) is 11.7. The molecule has 29 heavy (non-hydrogen) atoms. The SMILES string of the molecule is CCC.CN1CCC(C(=O)NO)(S(=O)(=O)N2CCN(c3ccccc3)CC2)CC1. The molecule has 2 aliphatic rings. The molecular weight excluding hydrogens is 392 g/mol. The number of benzene rings is 1. The van der Waals surface area contributed by atoms with Crippen LogP contribution in [0.2, 0.25) is 0 Å². The van der Waals surface area contributed by atoms with Gasteiger partial charge in [-0.2, -0.15) is 4.31 Å². The zero-order valence-corrected chi connectivity index (χ0v) is 18.5. The van der Waals surface area contributed by atoms with Crippen LogP contribution in [0.15, 0.2) is 30.3 Å². The lowest BCUT2D eigenvalue weighted by molar-refractivity contribution is -0.133. The predicted molar refractivity (Wildman–Crippen MR) is 115 cm³/mol. The molecule has 0 aromatic heterocycles. The van der Waals surface area contributed by atoms with Gasteiger partial charge in [-0.25, -0.2) is 13.9 Å². The van der Waals surface area contributed by atoms with Crippen molar-refractivity contribution in [2.45, 2.75) is 37.9 Å². The van der Waals surface area contributed by atoms with Crippen LogP contribution in [0.4, 0.5) is 5.69 Å². The minimum absolute atomic E-state index is 0.178. The summed E-state index contributed by atoms with van der Waals surface area (Å²) in [6.45, 7) is 7.04. The van der Waals surface area contributed by atoms with Gasteiger partial charge in [-0.15, -0.1) is 0 Å². The highest BCUT2D eigenvalue weighted by molar-refractivity contribution is 7.91. The molecule has 1 amide bonds. The number of carbonyl (C=O) groups is 1. The van der Waals surface area contributed by atoms with E-state index in [-0.39, 0.29) is 12.8 Å². The van der Waals surface area contributed by atoms with Gasteiger partial charge in [0.05, 0.1) is 0 Å². The average molecular weight is 427 g/mol. The molecule has 0 radical (unpaired) electrons. The van der Waals surface area contributed by atoms with Crippen molar-refractivity contribution in [3.63, 3.8) is 0 Å². The Labute approximate surface area is 174 Å². The summed E-state index contributed by atoms with van der Waals surface area (Å²) < 4.78 is 26.5. The second kappa shape index (κ2) is 10.4. The summed E-state index contributed by atoms with van der Waals surface area (Å²) >= 11 is 0. The van der Waals surface area contributed by atoms with E-state index in [4.69, 9.17) is 5.21 Å². The largest absolute Gasteiger partial charge is 0.369 e. The van der Waals surface area contributed by atoms with Crippen molar-refractivity contribution < 1.29 is 18.4 Å². The first-order valence-electron chi connectivity index (χ1n) is 10.2. The van der Waals surface area contributed by atoms with Gasteiger partial charge in [-0.05, 0) is 45.1 Å². The number of hydrogen-bond donors (Lipinski definition) is 2. The molecule has 0 saturated carbocycles. The molecule has 2 heterocycles. The quantitative estimate of drug-likeness (QED) is 0.560. The van der Waals surface area contributed by atoms with Crippen molar-refractivity contribution in [2.24, 2.45) is 0 Å². The maximum atomic E-state index is 13.3. The maximum absolute atomic E-state index is 13.3. The number of piperidine rings is 1. The van der Waals surface area contributed by atoms with Crippen LogP contribution >= 0.6 is 0 Å².